The number of hydrogen-bond acceptors (Lipinski definition) is 4. The third-order valence-corrected chi connectivity index (χ3v) is 2.38. The summed E-state index contributed by atoms with van der Waals surface area (Å²) < 4.78 is 9.99. The highest BCUT2D eigenvalue weighted by atomic mass is 16.6. The molecule has 1 atom stereocenters. The van der Waals surface area contributed by atoms with Crippen molar-refractivity contribution >= 4 is 12.1 Å². The van der Waals surface area contributed by atoms with Gasteiger partial charge in [-0.05, 0) is 33.6 Å². The lowest BCUT2D eigenvalue weighted by Crippen LogP contribution is -2.42. The minimum atomic E-state index is -0.466. The number of nitrogens with zero attached hydrogens (tertiary/aromatic N) is 1. The van der Waals surface area contributed by atoms with Crippen molar-refractivity contribution in [1.29, 1.82) is 0 Å². The number of carbonyl (C=O) groups excluding carboxylic acids is 2. The zero-order valence-corrected chi connectivity index (χ0v) is 10.1. The van der Waals surface area contributed by atoms with Crippen molar-refractivity contribution in [1.82, 2.24) is 4.90 Å². The van der Waals surface area contributed by atoms with E-state index in [9.17, 15) is 9.59 Å². The first kappa shape index (κ1) is 12.8. The molecular formula is C11H19NO4. The van der Waals surface area contributed by atoms with Crippen LogP contribution in [-0.2, 0) is 14.3 Å². The van der Waals surface area contributed by atoms with Crippen molar-refractivity contribution in [2.24, 2.45) is 0 Å². The average molecular weight is 229 g/mol. The average Bonchev–Trinajstić information content (AvgIpc) is 2.65. The molecule has 16 heavy (non-hydrogen) atoms. The zero-order valence-electron chi connectivity index (χ0n) is 10.1. The van der Waals surface area contributed by atoms with E-state index in [0.717, 1.165) is 6.42 Å². The van der Waals surface area contributed by atoms with Gasteiger partial charge in [0, 0.05) is 6.54 Å². The van der Waals surface area contributed by atoms with Gasteiger partial charge in [0.15, 0.2) is 0 Å². The Labute approximate surface area is 95.7 Å². The lowest BCUT2D eigenvalue weighted by atomic mass is 10.2. The Morgan fingerprint density at radius 1 is 1.44 bits per heavy atom. The fourth-order valence-corrected chi connectivity index (χ4v) is 1.74. The van der Waals surface area contributed by atoms with Crippen LogP contribution in [0.2, 0.25) is 0 Å². The predicted octanol–water partition coefficient (Wildman–Crippen LogP) is 1.56. The van der Waals surface area contributed by atoms with Gasteiger partial charge in [0.25, 0.3) is 0 Å². The van der Waals surface area contributed by atoms with E-state index >= 15 is 0 Å². The summed E-state index contributed by atoms with van der Waals surface area (Å²) in [6.07, 6.45) is 0.879. The van der Waals surface area contributed by atoms with Gasteiger partial charge < -0.3 is 9.47 Å². The van der Waals surface area contributed by atoms with E-state index in [-0.39, 0.29) is 12.1 Å². The summed E-state index contributed by atoms with van der Waals surface area (Å²) >= 11 is 0. The number of likely N-dealkylation sites (tertiary alicyclic amines) is 1. The summed E-state index contributed by atoms with van der Waals surface area (Å²) in [5, 5.41) is 0. The van der Waals surface area contributed by atoms with Gasteiger partial charge in [-0.2, -0.15) is 0 Å². The summed E-state index contributed by atoms with van der Waals surface area (Å²) in [4.78, 5) is 24.7. The Bertz CT molecular complexity index is 265. The first-order valence-corrected chi connectivity index (χ1v) is 5.70. The van der Waals surface area contributed by atoms with Crippen LogP contribution in [0.5, 0.6) is 0 Å². The maximum Gasteiger partial charge on any atom is 0.410 e. The Morgan fingerprint density at radius 3 is 2.69 bits per heavy atom. The van der Waals surface area contributed by atoms with Gasteiger partial charge in [0.2, 0.25) is 0 Å². The zero-order chi connectivity index (χ0) is 12.1. The highest BCUT2D eigenvalue weighted by Gasteiger charge is 2.36. The molecule has 0 spiro atoms. The maximum absolute atomic E-state index is 11.7. The number of esters is 1. The van der Waals surface area contributed by atoms with E-state index in [0.29, 0.717) is 19.6 Å². The van der Waals surface area contributed by atoms with E-state index in [4.69, 9.17) is 9.47 Å². The van der Waals surface area contributed by atoms with Crippen molar-refractivity contribution in [2.45, 2.75) is 45.8 Å². The van der Waals surface area contributed by atoms with Crippen LogP contribution in [-0.4, -0.2) is 42.3 Å². The smallest absolute Gasteiger partial charge is 0.410 e. The standard InChI is InChI=1S/C11H19NO4/c1-4-15-10(13)9-6-5-7-12(9)11(14)16-8(2)3/h8-9H,4-7H2,1-3H3. The number of hydrogen-bond donors (Lipinski definition) is 0. The van der Waals surface area contributed by atoms with Crippen LogP contribution < -0.4 is 0 Å². The van der Waals surface area contributed by atoms with E-state index in [1.807, 2.05) is 0 Å². The second-order valence-corrected chi connectivity index (χ2v) is 4.04. The van der Waals surface area contributed by atoms with Crippen LogP contribution in [0.15, 0.2) is 0 Å². The molecule has 0 saturated carbocycles. The third-order valence-electron chi connectivity index (χ3n) is 2.38. The molecule has 1 aliphatic heterocycles. The molecule has 1 rings (SSSR count). The van der Waals surface area contributed by atoms with Crippen LogP contribution in [0.3, 0.4) is 0 Å². The van der Waals surface area contributed by atoms with Crippen molar-refractivity contribution in [3.63, 3.8) is 0 Å². The van der Waals surface area contributed by atoms with Gasteiger partial charge in [-0.15, -0.1) is 0 Å². The summed E-state index contributed by atoms with van der Waals surface area (Å²) in [6, 6.07) is -0.466. The molecule has 1 saturated heterocycles. The summed E-state index contributed by atoms with van der Waals surface area (Å²) in [5.74, 6) is -0.333. The van der Waals surface area contributed by atoms with Gasteiger partial charge in [0.1, 0.15) is 6.04 Å². The van der Waals surface area contributed by atoms with Crippen LogP contribution in [0.25, 0.3) is 0 Å². The predicted molar refractivity (Wildman–Crippen MR) is 58.0 cm³/mol. The topological polar surface area (TPSA) is 55.8 Å². The lowest BCUT2D eigenvalue weighted by molar-refractivity contribution is -0.148. The molecule has 1 fully saturated rings. The summed E-state index contributed by atoms with van der Waals surface area (Å²) in [5.41, 5.74) is 0. The Hall–Kier alpha value is -1.26. The highest BCUT2D eigenvalue weighted by molar-refractivity contribution is 5.82. The van der Waals surface area contributed by atoms with Crippen LogP contribution >= 0.6 is 0 Å². The molecule has 0 aliphatic carbocycles. The van der Waals surface area contributed by atoms with Crippen LogP contribution in [0.1, 0.15) is 33.6 Å². The van der Waals surface area contributed by atoms with E-state index < -0.39 is 12.1 Å². The lowest BCUT2D eigenvalue weighted by Gasteiger charge is -2.23. The fourth-order valence-electron chi connectivity index (χ4n) is 1.74. The summed E-state index contributed by atoms with van der Waals surface area (Å²) in [6.45, 7) is 6.22. The molecule has 0 aromatic heterocycles. The second-order valence-electron chi connectivity index (χ2n) is 4.04. The molecule has 0 radical (unpaired) electrons. The van der Waals surface area contributed by atoms with Crippen LogP contribution in [0.4, 0.5) is 4.79 Å². The number of carbonyl (C=O) groups is 2. The second kappa shape index (κ2) is 5.72. The van der Waals surface area contributed by atoms with Gasteiger partial charge in [-0.3, -0.25) is 4.90 Å². The molecule has 92 valence electrons. The first-order valence-electron chi connectivity index (χ1n) is 5.70. The van der Waals surface area contributed by atoms with Crippen molar-refractivity contribution < 1.29 is 19.1 Å². The van der Waals surface area contributed by atoms with E-state index in [1.54, 1.807) is 20.8 Å². The molecule has 1 unspecified atom stereocenters. The molecule has 0 bridgehead atoms. The van der Waals surface area contributed by atoms with Gasteiger partial charge >= 0.3 is 12.1 Å². The molecular weight excluding hydrogens is 210 g/mol. The monoisotopic (exact) mass is 229 g/mol. The summed E-state index contributed by atoms with van der Waals surface area (Å²) in [7, 11) is 0. The SMILES string of the molecule is CCOC(=O)C1CCCN1C(=O)OC(C)C. The highest BCUT2D eigenvalue weighted by Crippen LogP contribution is 2.19. The van der Waals surface area contributed by atoms with Gasteiger partial charge in [0.05, 0.1) is 12.7 Å². The van der Waals surface area contributed by atoms with Gasteiger partial charge in [-0.25, -0.2) is 9.59 Å². The van der Waals surface area contributed by atoms with Crippen molar-refractivity contribution in [3.05, 3.63) is 0 Å². The maximum atomic E-state index is 11.7. The first-order chi connectivity index (χ1) is 7.56. The van der Waals surface area contributed by atoms with Crippen LogP contribution in [0, 0.1) is 0 Å². The number of rotatable bonds is 3. The van der Waals surface area contributed by atoms with E-state index in [1.165, 1.54) is 4.90 Å². The fraction of sp³-hybridized carbons (Fsp3) is 0.818. The molecule has 0 aromatic rings. The number of amides is 1. The molecule has 0 N–H and O–H groups in total. The van der Waals surface area contributed by atoms with Gasteiger partial charge in [-0.1, -0.05) is 0 Å². The minimum Gasteiger partial charge on any atom is -0.464 e. The molecule has 1 aliphatic rings. The van der Waals surface area contributed by atoms with Crippen molar-refractivity contribution in [3.8, 4) is 0 Å². The Kier molecular flexibility index (Phi) is 4.58. The van der Waals surface area contributed by atoms with E-state index in [2.05, 4.69) is 0 Å². The molecule has 1 heterocycles. The minimum absolute atomic E-state index is 0.170. The molecule has 5 heteroatoms. The third kappa shape index (κ3) is 3.12. The molecule has 1 amide bonds. The number of ether oxygens (including phenoxy) is 2. The quantitative estimate of drug-likeness (QED) is 0.689. The van der Waals surface area contributed by atoms with Crippen molar-refractivity contribution in [2.75, 3.05) is 13.2 Å². The molecule has 0 aromatic carbocycles. The normalized spacial score (nSPS) is 20.0. The Morgan fingerprint density at radius 2 is 2.12 bits per heavy atom. The Balaban J connectivity index is 2.58. The molecule has 5 nitrogen and oxygen atoms in total. The largest absolute Gasteiger partial charge is 0.464 e.